The Kier molecular flexibility index (Phi) is 4.92. The fourth-order valence-electron chi connectivity index (χ4n) is 2.76. The van der Waals surface area contributed by atoms with E-state index in [-0.39, 0.29) is 6.04 Å². The van der Waals surface area contributed by atoms with Gasteiger partial charge in [0.1, 0.15) is 0 Å². The van der Waals surface area contributed by atoms with Gasteiger partial charge in [-0.05, 0) is 36.7 Å². The van der Waals surface area contributed by atoms with Gasteiger partial charge in [0.05, 0.1) is 10.6 Å². The number of hydrogen-bond donors (Lipinski definition) is 1. The molecule has 0 aliphatic heterocycles. The van der Waals surface area contributed by atoms with Crippen LogP contribution in [0.3, 0.4) is 0 Å². The highest BCUT2D eigenvalue weighted by atomic mass is 32.1. The molecule has 0 saturated heterocycles. The minimum atomic E-state index is 0.176. The Morgan fingerprint density at radius 1 is 1.29 bits per heavy atom. The molecule has 1 aliphatic carbocycles. The smallest absolute Gasteiger partial charge is 0.0803 e. The van der Waals surface area contributed by atoms with E-state index in [1.54, 1.807) is 0 Å². The number of aromatic nitrogens is 2. The summed E-state index contributed by atoms with van der Waals surface area (Å²) < 4.78 is 4.09. The third-order valence-electron chi connectivity index (χ3n) is 3.78. The Morgan fingerprint density at radius 3 is 2.65 bits per heavy atom. The molecule has 3 nitrogen and oxygen atoms in total. The van der Waals surface area contributed by atoms with E-state index in [4.69, 9.17) is 5.73 Å². The first-order valence-corrected chi connectivity index (χ1v) is 7.67. The average molecular weight is 253 g/mol. The minimum Gasteiger partial charge on any atom is -0.323 e. The SMILES string of the molecule is CCCc1nnsc1C(N)C1CCCCCC1. The Hall–Kier alpha value is -0.480. The van der Waals surface area contributed by atoms with Crippen molar-refractivity contribution in [2.24, 2.45) is 11.7 Å². The topological polar surface area (TPSA) is 51.8 Å². The van der Waals surface area contributed by atoms with Gasteiger partial charge in [-0.15, -0.1) is 5.10 Å². The monoisotopic (exact) mass is 253 g/mol. The summed E-state index contributed by atoms with van der Waals surface area (Å²) in [7, 11) is 0. The zero-order valence-electron chi connectivity index (χ0n) is 10.7. The Labute approximate surface area is 108 Å². The minimum absolute atomic E-state index is 0.176. The first kappa shape index (κ1) is 13.0. The third kappa shape index (κ3) is 3.26. The van der Waals surface area contributed by atoms with Crippen molar-refractivity contribution in [1.29, 1.82) is 0 Å². The van der Waals surface area contributed by atoms with Crippen molar-refractivity contribution in [1.82, 2.24) is 9.59 Å². The summed E-state index contributed by atoms with van der Waals surface area (Å²) in [6.07, 6.45) is 10.1. The molecule has 1 saturated carbocycles. The molecular formula is C13H23N3S. The molecule has 1 heterocycles. The zero-order valence-corrected chi connectivity index (χ0v) is 11.5. The van der Waals surface area contributed by atoms with Crippen molar-refractivity contribution < 1.29 is 0 Å². The van der Waals surface area contributed by atoms with Crippen molar-refractivity contribution in [3.63, 3.8) is 0 Å². The van der Waals surface area contributed by atoms with Crippen LogP contribution in [0.2, 0.25) is 0 Å². The number of nitrogens with zero attached hydrogens (tertiary/aromatic N) is 2. The number of hydrogen-bond acceptors (Lipinski definition) is 4. The lowest BCUT2D eigenvalue weighted by Gasteiger charge is -2.21. The predicted molar refractivity (Wildman–Crippen MR) is 72.0 cm³/mol. The highest BCUT2D eigenvalue weighted by Gasteiger charge is 2.24. The van der Waals surface area contributed by atoms with Gasteiger partial charge in [0.25, 0.3) is 0 Å². The summed E-state index contributed by atoms with van der Waals surface area (Å²) in [5, 5.41) is 4.23. The Bertz CT molecular complexity index is 329. The predicted octanol–water partition coefficient (Wildman–Crippen LogP) is 3.46. The van der Waals surface area contributed by atoms with E-state index in [1.165, 1.54) is 54.9 Å². The number of aryl methyl sites for hydroxylation is 1. The molecule has 96 valence electrons. The second kappa shape index (κ2) is 6.45. The second-order valence-electron chi connectivity index (χ2n) is 5.11. The molecule has 1 aromatic heterocycles. The van der Waals surface area contributed by atoms with Crippen LogP contribution in [0.5, 0.6) is 0 Å². The lowest BCUT2D eigenvalue weighted by molar-refractivity contribution is 0.384. The molecule has 0 radical (unpaired) electrons. The summed E-state index contributed by atoms with van der Waals surface area (Å²) >= 11 is 1.51. The maximum atomic E-state index is 6.45. The van der Waals surface area contributed by atoms with E-state index in [0.29, 0.717) is 5.92 Å². The van der Waals surface area contributed by atoms with Gasteiger partial charge in [-0.1, -0.05) is 43.5 Å². The second-order valence-corrected chi connectivity index (χ2v) is 5.90. The van der Waals surface area contributed by atoms with Gasteiger partial charge in [-0.3, -0.25) is 0 Å². The Balaban J connectivity index is 2.06. The quantitative estimate of drug-likeness (QED) is 0.836. The first-order valence-electron chi connectivity index (χ1n) is 6.89. The van der Waals surface area contributed by atoms with Crippen LogP contribution in [-0.2, 0) is 6.42 Å². The van der Waals surface area contributed by atoms with Crippen LogP contribution in [0.4, 0.5) is 0 Å². The Morgan fingerprint density at radius 2 is 2.00 bits per heavy atom. The van der Waals surface area contributed by atoms with Crippen LogP contribution in [0.25, 0.3) is 0 Å². The summed E-state index contributed by atoms with van der Waals surface area (Å²) in [4.78, 5) is 1.25. The maximum absolute atomic E-state index is 6.45. The van der Waals surface area contributed by atoms with E-state index in [9.17, 15) is 0 Å². The molecule has 2 rings (SSSR count). The largest absolute Gasteiger partial charge is 0.323 e. The van der Waals surface area contributed by atoms with Gasteiger partial charge in [-0.25, -0.2) is 0 Å². The highest BCUT2D eigenvalue weighted by Crippen LogP contribution is 2.34. The molecule has 4 heteroatoms. The molecule has 17 heavy (non-hydrogen) atoms. The van der Waals surface area contributed by atoms with Crippen molar-refractivity contribution in [3.05, 3.63) is 10.6 Å². The van der Waals surface area contributed by atoms with Crippen molar-refractivity contribution in [2.45, 2.75) is 64.3 Å². The molecule has 2 N–H and O–H groups in total. The lowest BCUT2D eigenvalue weighted by atomic mass is 9.90. The van der Waals surface area contributed by atoms with Gasteiger partial charge >= 0.3 is 0 Å². The number of nitrogens with two attached hydrogens (primary N) is 1. The molecule has 0 spiro atoms. The van der Waals surface area contributed by atoms with Gasteiger partial charge in [0.2, 0.25) is 0 Å². The van der Waals surface area contributed by atoms with E-state index in [2.05, 4.69) is 16.5 Å². The summed E-state index contributed by atoms with van der Waals surface area (Å²) in [5.41, 5.74) is 7.59. The average Bonchev–Trinajstić information content (AvgIpc) is 2.63. The van der Waals surface area contributed by atoms with Crippen LogP contribution >= 0.6 is 11.5 Å². The normalized spacial score (nSPS) is 20.1. The van der Waals surface area contributed by atoms with Crippen LogP contribution in [0.15, 0.2) is 0 Å². The van der Waals surface area contributed by atoms with Gasteiger partial charge in [0.15, 0.2) is 0 Å². The fourth-order valence-corrected chi connectivity index (χ4v) is 3.55. The summed E-state index contributed by atoms with van der Waals surface area (Å²) in [6.45, 7) is 2.18. The van der Waals surface area contributed by atoms with E-state index >= 15 is 0 Å². The molecule has 1 unspecified atom stereocenters. The molecule has 0 aromatic carbocycles. The third-order valence-corrected chi connectivity index (χ3v) is 4.65. The van der Waals surface area contributed by atoms with E-state index < -0.39 is 0 Å². The van der Waals surface area contributed by atoms with Crippen molar-refractivity contribution in [2.75, 3.05) is 0 Å². The number of rotatable bonds is 4. The summed E-state index contributed by atoms with van der Waals surface area (Å²) in [5.74, 6) is 0.648. The van der Waals surface area contributed by atoms with Crippen LogP contribution in [-0.4, -0.2) is 9.59 Å². The maximum Gasteiger partial charge on any atom is 0.0803 e. The van der Waals surface area contributed by atoms with Crippen molar-refractivity contribution >= 4 is 11.5 Å². The zero-order chi connectivity index (χ0) is 12.1. The summed E-state index contributed by atoms with van der Waals surface area (Å²) in [6, 6.07) is 0.176. The van der Waals surface area contributed by atoms with Crippen LogP contribution in [0.1, 0.15) is 68.5 Å². The molecule has 1 atom stereocenters. The highest BCUT2D eigenvalue weighted by molar-refractivity contribution is 7.05. The van der Waals surface area contributed by atoms with E-state index in [1.807, 2.05) is 0 Å². The van der Waals surface area contributed by atoms with Gasteiger partial charge < -0.3 is 5.73 Å². The van der Waals surface area contributed by atoms with Crippen LogP contribution < -0.4 is 5.73 Å². The molecule has 1 aliphatic rings. The molecular weight excluding hydrogens is 230 g/mol. The van der Waals surface area contributed by atoms with Gasteiger partial charge in [-0.2, -0.15) is 0 Å². The van der Waals surface area contributed by atoms with Gasteiger partial charge in [0, 0.05) is 6.04 Å². The standard InChI is InChI=1S/C13H23N3S/c1-2-7-11-13(17-16-15-11)12(14)10-8-5-3-4-6-9-10/h10,12H,2-9,14H2,1H3. The first-order chi connectivity index (χ1) is 8.33. The molecule has 1 fully saturated rings. The lowest BCUT2D eigenvalue weighted by Crippen LogP contribution is -2.21. The van der Waals surface area contributed by atoms with E-state index in [0.717, 1.165) is 18.5 Å². The molecule has 1 aromatic rings. The fraction of sp³-hybridized carbons (Fsp3) is 0.846. The van der Waals surface area contributed by atoms with Crippen molar-refractivity contribution in [3.8, 4) is 0 Å². The molecule has 0 bridgehead atoms. The molecule has 0 amide bonds. The van der Waals surface area contributed by atoms with Crippen LogP contribution in [0, 0.1) is 5.92 Å².